The van der Waals surface area contributed by atoms with Gasteiger partial charge >= 0.3 is 0 Å². The molecule has 1 heterocycles. The van der Waals surface area contributed by atoms with Crippen LogP contribution in [0.5, 0.6) is 17.2 Å². The van der Waals surface area contributed by atoms with E-state index in [4.69, 9.17) is 23.7 Å². The highest BCUT2D eigenvalue weighted by Gasteiger charge is 2.22. The molecule has 0 saturated heterocycles. The lowest BCUT2D eigenvalue weighted by atomic mass is 10.1. The third-order valence-corrected chi connectivity index (χ3v) is 3.39. The van der Waals surface area contributed by atoms with Gasteiger partial charge in [-0.2, -0.15) is 0 Å². The Morgan fingerprint density at radius 1 is 1.18 bits per heavy atom. The molecule has 22 heavy (non-hydrogen) atoms. The van der Waals surface area contributed by atoms with E-state index in [1.165, 1.54) is 0 Å². The molecule has 2 rings (SSSR count). The van der Waals surface area contributed by atoms with Crippen LogP contribution in [-0.2, 0) is 16.0 Å². The molecule has 0 atom stereocenters. The van der Waals surface area contributed by atoms with Crippen LogP contribution in [0.1, 0.15) is 19.4 Å². The van der Waals surface area contributed by atoms with Crippen LogP contribution in [0.3, 0.4) is 0 Å². The lowest BCUT2D eigenvalue weighted by Gasteiger charge is -2.24. The van der Waals surface area contributed by atoms with E-state index < -0.39 is 0 Å². The Balaban J connectivity index is 2.03. The van der Waals surface area contributed by atoms with Crippen LogP contribution < -0.4 is 14.2 Å². The second kappa shape index (κ2) is 8.22. The average Bonchev–Trinajstić information content (AvgIpc) is 2.96. The monoisotopic (exact) mass is 311 g/mol. The van der Waals surface area contributed by atoms with Crippen LogP contribution in [0.4, 0.5) is 0 Å². The normalized spacial score (nSPS) is 13.2. The van der Waals surface area contributed by atoms with Crippen LogP contribution in [0.15, 0.2) is 12.1 Å². The first-order chi connectivity index (χ1) is 10.7. The molecule has 0 aliphatic carbocycles. The molecular formula is C16H25NO5. The fraction of sp³-hybridized carbons (Fsp3) is 0.625. The number of fused-ring (bicyclic) bond motifs is 1. The second-order valence-electron chi connectivity index (χ2n) is 5.03. The molecule has 1 aliphatic heterocycles. The van der Waals surface area contributed by atoms with Crippen molar-refractivity contribution in [3.05, 3.63) is 17.7 Å². The van der Waals surface area contributed by atoms with E-state index in [2.05, 4.69) is 4.90 Å². The van der Waals surface area contributed by atoms with E-state index in [0.29, 0.717) is 32.1 Å². The Morgan fingerprint density at radius 3 is 2.55 bits per heavy atom. The Labute approximate surface area is 131 Å². The summed E-state index contributed by atoms with van der Waals surface area (Å²) >= 11 is 0. The van der Waals surface area contributed by atoms with Gasteiger partial charge in [-0.3, -0.25) is 4.90 Å². The predicted molar refractivity (Wildman–Crippen MR) is 82.5 cm³/mol. The van der Waals surface area contributed by atoms with Gasteiger partial charge in [0, 0.05) is 31.9 Å². The quantitative estimate of drug-likeness (QED) is 0.652. The summed E-state index contributed by atoms with van der Waals surface area (Å²) in [5, 5.41) is 0. The van der Waals surface area contributed by atoms with Crippen LogP contribution in [0.25, 0.3) is 0 Å². The van der Waals surface area contributed by atoms with Crippen molar-refractivity contribution in [3.63, 3.8) is 0 Å². The zero-order chi connectivity index (χ0) is 15.9. The van der Waals surface area contributed by atoms with Crippen molar-refractivity contribution in [1.29, 1.82) is 0 Å². The average molecular weight is 311 g/mol. The minimum absolute atomic E-state index is 0.222. The van der Waals surface area contributed by atoms with Crippen molar-refractivity contribution in [1.82, 2.24) is 4.90 Å². The summed E-state index contributed by atoms with van der Waals surface area (Å²) in [6.07, 6.45) is -0.222. The highest BCUT2D eigenvalue weighted by Crippen LogP contribution is 2.43. The minimum atomic E-state index is -0.222. The van der Waals surface area contributed by atoms with Gasteiger partial charge in [-0.1, -0.05) is 6.07 Å². The number of benzene rings is 1. The predicted octanol–water partition coefficient (Wildman–Crippen LogP) is 2.25. The first-order valence-corrected chi connectivity index (χ1v) is 7.56. The van der Waals surface area contributed by atoms with Gasteiger partial charge in [0.05, 0.1) is 7.11 Å². The molecule has 0 saturated carbocycles. The molecule has 1 aromatic carbocycles. The van der Waals surface area contributed by atoms with Gasteiger partial charge in [0.2, 0.25) is 12.5 Å². The molecular weight excluding hydrogens is 286 g/mol. The Kier molecular flexibility index (Phi) is 6.30. The van der Waals surface area contributed by atoms with E-state index >= 15 is 0 Å². The third-order valence-electron chi connectivity index (χ3n) is 3.39. The van der Waals surface area contributed by atoms with Gasteiger partial charge in [0.15, 0.2) is 17.8 Å². The number of hydrogen-bond acceptors (Lipinski definition) is 6. The zero-order valence-corrected chi connectivity index (χ0v) is 13.8. The van der Waals surface area contributed by atoms with Crippen molar-refractivity contribution in [2.45, 2.75) is 26.7 Å². The first kappa shape index (κ1) is 16.9. The summed E-state index contributed by atoms with van der Waals surface area (Å²) in [6, 6.07) is 3.91. The zero-order valence-electron chi connectivity index (χ0n) is 13.8. The van der Waals surface area contributed by atoms with Crippen LogP contribution in [0.2, 0.25) is 0 Å². The molecule has 1 aliphatic rings. The molecule has 124 valence electrons. The van der Waals surface area contributed by atoms with Crippen molar-refractivity contribution in [2.75, 3.05) is 40.7 Å². The summed E-state index contributed by atoms with van der Waals surface area (Å²) < 4.78 is 27.5. The Hall–Kier alpha value is -1.50. The topological polar surface area (TPSA) is 49.4 Å². The number of ether oxygens (including phenoxy) is 5. The van der Waals surface area contributed by atoms with Gasteiger partial charge < -0.3 is 23.7 Å². The fourth-order valence-corrected chi connectivity index (χ4v) is 2.47. The number of hydrogen-bond donors (Lipinski definition) is 0. The van der Waals surface area contributed by atoms with Crippen molar-refractivity contribution < 1.29 is 23.7 Å². The molecule has 0 fully saturated rings. The smallest absolute Gasteiger partial charge is 0.231 e. The summed E-state index contributed by atoms with van der Waals surface area (Å²) in [6.45, 7) is 6.81. The van der Waals surface area contributed by atoms with Crippen LogP contribution in [0, 0.1) is 0 Å². The maximum absolute atomic E-state index is 5.58. The number of methoxy groups -OCH3 is 1. The van der Waals surface area contributed by atoms with Crippen LogP contribution >= 0.6 is 0 Å². The van der Waals surface area contributed by atoms with Crippen LogP contribution in [-0.4, -0.2) is 51.9 Å². The number of nitrogens with zero attached hydrogens (tertiary/aromatic N) is 1. The standard InChI is InChI=1S/C16H25NO5/c1-5-19-14(20-6-2)10-17(3)9-12-7-8-13-16(15(12)18-4)22-11-21-13/h7-8,14H,5-6,9-11H2,1-4H3. The fourth-order valence-electron chi connectivity index (χ4n) is 2.47. The minimum Gasteiger partial charge on any atom is -0.492 e. The summed E-state index contributed by atoms with van der Waals surface area (Å²) in [5.74, 6) is 2.13. The summed E-state index contributed by atoms with van der Waals surface area (Å²) in [4.78, 5) is 2.13. The van der Waals surface area contributed by atoms with Crippen molar-refractivity contribution in [3.8, 4) is 17.2 Å². The molecule has 6 heteroatoms. The Bertz CT molecular complexity index is 474. The number of likely N-dealkylation sites (N-methyl/N-ethyl adjacent to an activating group) is 1. The van der Waals surface area contributed by atoms with E-state index in [-0.39, 0.29) is 13.1 Å². The van der Waals surface area contributed by atoms with Crippen molar-refractivity contribution in [2.24, 2.45) is 0 Å². The summed E-state index contributed by atoms with van der Waals surface area (Å²) in [7, 11) is 3.67. The third kappa shape index (κ3) is 4.03. The lowest BCUT2D eigenvalue weighted by Crippen LogP contribution is -2.33. The summed E-state index contributed by atoms with van der Waals surface area (Å²) in [5.41, 5.74) is 1.04. The highest BCUT2D eigenvalue weighted by molar-refractivity contribution is 5.56. The highest BCUT2D eigenvalue weighted by atomic mass is 16.7. The lowest BCUT2D eigenvalue weighted by molar-refractivity contribution is -0.145. The molecule has 0 radical (unpaired) electrons. The molecule has 1 aromatic rings. The number of rotatable bonds is 9. The van der Waals surface area contributed by atoms with Gasteiger partial charge in [-0.15, -0.1) is 0 Å². The molecule has 0 N–H and O–H groups in total. The molecule has 0 bridgehead atoms. The van der Waals surface area contributed by atoms with Gasteiger partial charge in [0.25, 0.3) is 0 Å². The largest absolute Gasteiger partial charge is 0.492 e. The molecule has 0 unspecified atom stereocenters. The van der Waals surface area contributed by atoms with Gasteiger partial charge in [-0.25, -0.2) is 0 Å². The first-order valence-electron chi connectivity index (χ1n) is 7.56. The Morgan fingerprint density at radius 2 is 1.91 bits per heavy atom. The van der Waals surface area contributed by atoms with Gasteiger partial charge in [-0.05, 0) is 27.0 Å². The molecule has 0 aromatic heterocycles. The van der Waals surface area contributed by atoms with E-state index in [1.54, 1.807) is 7.11 Å². The molecule has 0 spiro atoms. The van der Waals surface area contributed by atoms with E-state index in [9.17, 15) is 0 Å². The van der Waals surface area contributed by atoms with Crippen molar-refractivity contribution >= 4 is 0 Å². The van der Waals surface area contributed by atoms with Gasteiger partial charge in [0.1, 0.15) is 0 Å². The maximum atomic E-state index is 5.58. The molecule has 0 amide bonds. The molecule has 6 nitrogen and oxygen atoms in total. The maximum Gasteiger partial charge on any atom is 0.231 e. The second-order valence-corrected chi connectivity index (χ2v) is 5.03. The van der Waals surface area contributed by atoms with E-state index in [0.717, 1.165) is 17.1 Å². The van der Waals surface area contributed by atoms with E-state index in [1.807, 2.05) is 33.0 Å². The SMILES string of the molecule is CCOC(CN(C)Cc1ccc2c(c1OC)OCO2)OCC.